The molecule has 0 atom stereocenters. The molecular weight excluding hydrogens is 472 g/mol. The van der Waals surface area contributed by atoms with Crippen LogP contribution >= 0.6 is 0 Å². The number of carbonyl (C=O) groups is 2. The molecule has 1 amide bonds. The number of hydrogen-bond donors (Lipinski definition) is 1. The monoisotopic (exact) mass is 506 g/mol. The first-order valence-corrected chi connectivity index (χ1v) is 12.5. The normalized spacial score (nSPS) is 23.8. The van der Waals surface area contributed by atoms with Crippen LogP contribution in [0.5, 0.6) is 0 Å². The Morgan fingerprint density at radius 1 is 1.19 bits per heavy atom. The summed E-state index contributed by atoms with van der Waals surface area (Å²) in [5.74, 6) is 0.617. The standard InChI is InChI=1S/C29H34N2O6/c1-4-36-25-7-5-6-8-26(35-3)21(2)17-22(18-25)19-30-15-13-29(14-16-30)20-31(28(34)37-29)24-11-9-23(10-12-24)27(32)33/h5-6,8-12,17-18H,2,4,7,13-16,19-20H2,1,3H3,(H,32,33)/b6-5-,22-17+,25-18+,26-8?. The van der Waals surface area contributed by atoms with Crippen LogP contribution in [0.2, 0.25) is 0 Å². The van der Waals surface area contributed by atoms with Crippen molar-refractivity contribution in [3.63, 3.8) is 0 Å². The van der Waals surface area contributed by atoms with Crippen molar-refractivity contribution in [1.29, 1.82) is 0 Å². The van der Waals surface area contributed by atoms with E-state index in [1.807, 2.05) is 31.2 Å². The molecule has 0 radical (unpaired) electrons. The largest absolute Gasteiger partial charge is 0.498 e. The van der Waals surface area contributed by atoms with E-state index < -0.39 is 11.6 Å². The molecule has 3 aliphatic rings. The Kier molecular flexibility index (Phi) is 8.18. The summed E-state index contributed by atoms with van der Waals surface area (Å²) in [5.41, 5.74) is 2.15. The van der Waals surface area contributed by atoms with Gasteiger partial charge < -0.3 is 19.3 Å². The average molecular weight is 507 g/mol. The molecule has 0 unspecified atom stereocenters. The Labute approximate surface area is 217 Å². The van der Waals surface area contributed by atoms with E-state index in [1.54, 1.807) is 24.1 Å². The minimum atomic E-state index is -0.997. The highest BCUT2D eigenvalue weighted by atomic mass is 16.6. The SMILES string of the molecule is C=C1/C=C(CN2CCC3(CC2)CN(c2ccc(C(=O)O)cc2)C(=O)O3)\C=C(\OCC)C/C=C\C=C1OC. The third kappa shape index (κ3) is 6.32. The van der Waals surface area contributed by atoms with Gasteiger partial charge in [-0.05, 0) is 55.0 Å². The van der Waals surface area contributed by atoms with Gasteiger partial charge in [0.1, 0.15) is 11.4 Å². The number of aromatic carboxylic acids is 1. The van der Waals surface area contributed by atoms with Crippen LogP contribution in [0.1, 0.15) is 36.5 Å². The van der Waals surface area contributed by atoms with Gasteiger partial charge in [-0.2, -0.15) is 0 Å². The molecule has 4 rings (SSSR count). The molecule has 1 aromatic carbocycles. The van der Waals surface area contributed by atoms with Crippen LogP contribution < -0.4 is 4.90 Å². The Morgan fingerprint density at radius 3 is 2.57 bits per heavy atom. The van der Waals surface area contributed by atoms with E-state index in [1.165, 1.54) is 12.1 Å². The van der Waals surface area contributed by atoms with Gasteiger partial charge in [-0.25, -0.2) is 9.59 Å². The van der Waals surface area contributed by atoms with E-state index in [0.717, 1.165) is 30.0 Å². The van der Waals surface area contributed by atoms with Crippen molar-refractivity contribution in [3.05, 3.63) is 89.5 Å². The van der Waals surface area contributed by atoms with Crippen LogP contribution in [-0.4, -0.2) is 67.6 Å². The highest BCUT2D eigenvalue weighted by Gasteiger charge is 2.47. The maximum atomic E-state index is 12.7. The number of carboxylic acids is 1. The number of carboxylic acid groups (broad SMARTS) is 1. The summed E-state index contributed by atoms with van der Waals surface area (Å²) >= 11 is 0. The number of benzene rings is 1. The zero-order chi connectivity index (χ0) is 26.4. The van der Waals surface area contributed by atoms with Gasteiger partial charge >= 0.3 is 12.1 Å². The molecule has 2 heterocycles. The number of amides is 1. The number of carbonyl (C=O) groups excluding carboxylic acids is 1. The lowest BCUT2D eigenvalue weighted by Gasteiger charge is -2.37. The molecule has 1 spiro atoms. The number of likely N-dealkylation sites (tertiary alicyclic amines) is 1. The Morgan fingerprint density at radius 2 is 1.92 bits per heavy atom. The van der Waals surface area contributed by atoms with Crippen molar-refractivity contribution >= 4 is 17.7 Å². The molecule has 0 bridgehead atoms. The molecule has 2 aliphatic heterocycles. The van der Waals surface area contributed by atoms with Crippen LogP contribution in [-0.2, 0) is 14.2 Å². The summed E-state index contributed by atoms with van der Waals surface area (Å²) < 4.78 is 17.2. The second kappa shape index (κ2) is 11.5. The van der Waals surface area contributed by atoms with Gasteiger partial charge in [0.15, 0.2) is 0 Å². The van der Waals surface area contributed by atoms with E-state index in [4.69, 9.17) is 19.3 Å². The maximum Gasteiger partial charge on any atom is 0.415 e. The zero-order valence-electron chi connectivity index (χ0n) is 21.4. The molecule has 196 valence electrons. The lowest BCUT2D eigenvalue weighted by Crippen LogP contribution is -2.47. The smallest absolute Gasteiger partial charge is 0.415 e. The van der Waals surface area contributed by atoms with Crippen LogP contribution in [0.3, 0.4) is 0 Å². The quantitative estimate of drug-likeness (QED) is 0.552. The third-order valence-electron chi connectivity index (χ3n) is 6.84. The molecule has 2 fully saturated rings. The highest BCUT2D eigenvalue weighted by molar-refractivity contribution is 5.92. The van der Waals surface area contributed by atoms with Crippen LogP contribution in [0.25, 0.3) is 0 Å². The summed E-state index contributed by atoms with van der Waals surface area (Å²) in [4.78, 5) is 27.8. The molecule has 1 N–H and O–H groups in total. The number of methoxy groups -OCH3 is 1. The summed E-state index contributed by atoms with van der Waals surface area (Å²) in [7, 11) is 1.64. The third-order valence-corrected chi connectivity index (χ3v) is 6.84. The molecule has 37 heavy (non-hydrogen) atoms. The van der Waals surface area contributed by atoms with E-state index in [0.29, 0.717) is 50.4 Å². The fraction of sp³-hybridized carbons (Fsp3) is 0.379. The van der Waals surface area contributed by atoms with E-state index >= 15 is 0 Å². The van der Waals surface area contributed by atoms with Crippen molar-refractivity contribution in [2.24, 2.45) is 0 Å². The number of hydrogen-bond acceptors (Lipinski definition) is 6. The number of nitrogens with zero attached hydrogens (tertiary/aromatic N) is 2. The first kappa shape index (κ1) is 26.3. The number of ether oxygens (including phenoxy) is 3. The van der Waals surface area contributed by atoms with Crippen molar-refractivity contribution < 1.29 is 28.9 Å². The zero-order valence-corrected chi connectivity index (χ0v) is 21.4. The minimum absolute atomic E-state index is 0.183. The molecule has 2 saturated heterocycles. The first-order chi connectivity index (χ1) is 17.8. The topological polar surface area (TPSA) is 88.5 Å². The van der Waals surface area contributed by atoms with Gasteiger partial charge in [-0.1, -0.05) is 18.7 Å². The lowest BCUT2D eigenvalue weighted by molar-refractivity contribution is 0.00316. The van der Waals surface area contributed by atoms with Gasteiger partial charge in [-0.3, -0.25) is 9.80 Å². The fourth-order valence-electron chi connectivity index (χ4n) is 4.87. The van der Waals surface area contributed by atoms with Gasteiger partial charge in [0.25, 0.3) is 0 Å². The van der Waals surface area contributed by atoms with E-state index in [-0.39, 0.29) is 11.7 Å². The first-order valence-electron chi connectivity index (χ1n) is 12.5. The molecule has 8 heteroatoms. The minimum Gasteiger partial charge on any atom is -0.498 e. The van der Waals surface area contributed by atoms with Gasteiger partial charge in [0, 0.05) is 50.2 Å². The van der Waals surface area contributed by atoms with Crippen LogP contribution in [0.15, 0.2) is 83.9 Å². The van der Waals surface area contributed by atoms with Gasteiger partial charge in [-0.15, -0.1) is 0 Å². The molecule has 1 aliphatic carbocycles. The summed E-state index contributed by atoms with van der Waals surface area (Å²) in [6.45, 7) is 9.46. The van der Waals surface area contributed by atoms with Crippen LogP contribution in [0.4, 0.5) is 10.5 Å². The molecule has 8 nitrogen and oxygen atoms in total. The highest BCUT2D eigenvalue weighted by Crippen LogP contribution is 2.36. The van der Waals surface area contributed by atoms with Crippen LogP contribution in [0, 0.1) is 0 Å². The van der Waals surface area contributed by atoms with Gasteiger partial charge in [0.2, 0.25) is 0 Å². The second-order valence-electron chi connectivity index (χ2n) is 9.42. The maximum absolute atomic E-state index is 12.7. The predicted octanol–water partition coefficient (Wildman–Crippen LogP) is 5.07. The van der Waals surface area contributed by atoms with Gasteiger partial charge in [0.05, 0.1) is 31.6 Å². The molecular formula is C29H34N2O6. The number of piperidine rings is 1. The fourth-order valence-corrected chi connectivity index (χ4v) is 4.87. The molecule has 1 aromatic rings. The van der Waals surface area contributed by atoms with Crippen molar-refractivity contribution in [1.82, 2.24) is 4.90 Å². The Balaban J connectivity index is 1.43. The van der Waals surface area contributed by atoms with Crippen molar-refractivity contribution in [2.75, 3.05) is 44.8 Å². The predicted molar refractivity (Wildman–Crippen MR) is 141 cm³/mol. The van der Waals surface area contributed by atoms with E-state index in [2.05, 4.69) is 17.6 Å². The molecule has 0 saturated carbocycles. The summed E-state index contributed by atoms with van der Waals surface area (Å²) in [5, 5.41) is 9.13. The van der Waals surface area contributed by atoms with E-state index in [9.17, 15) is 9.59 Å². The number of anilines is 1. The lowest BCUT2D eigenvalue weighted by atomic mass is 9.91. The number of rotatable bonds is 7. The Bertz CT molecular complexity index is 1150. The van der Waals surface area contributed by atoms with Crippen molar-refractivity contribution in [3.8, 4) is 0 Å². The van der Waals surface area contributed by atoms with Crippen molar-refractivity contribution in [2.45, 2.75) is 31.8 Å². The second-order valence-corrected chi connectivity index (χ2v) is 9.42. The average Bonchev–Trinajstić information content (AvgIpc) is 3.20. The summed E-state index contributed by atoms with van der Waals surface area (Å²) in [6, 6.07) is 6.31. The Hall–Kier alpha value is -3.78. The summed E-state index contributed by atoms with van der Waals surface area (Å²) in [6.07, 6.45) is 11.7. The molecule has 0 aromatic heterocycles. The number of allylic oxidation sites excluding steroid dienone is 4.